The summed E-state index contributed by atoms with van der Waals surface area (Å²) in [6.07, 6.45) is 0. The fraction of sp³-hybridized carbons (Fsp3) is 0.320. The molecule has 0 fully saturated rings. The lowest BCUT2D eigenvalue weighted by Crippen LogP contribution is -2.49. The van der Waals surface area contributed by atoms with Gasteiger partial charge in [-0.15, -0.1) is 0 Å². The number of ether oxygens (including phenoxy) is 2. The van der Waals surface area contributed by atoms with Gasteiger partial charge in [-0.3, -0.25) is 29.0 Å². The van der Waals surface area contributed by atoms with Crippen LogP contribution in [0.15, 0.2) is 116 Å². The molecule has 0 aliphatic heterocycles. The van der Waals surface area contributed by atoms with E-state index in [1.807, 2.05) is 13.8 Å². The van der Waals surface area contributed by atoms with Gasteiger partial charge < -0.3 is 28.7 Å². The Morgan fingerprint density at radius 2 is 1.03 bits per heavy atom. The zero-order valence-corrected chi connectivity index (χ0v) is 40.4. The minimum Gasteiger partial charge on any atom is -0.464 e. The van der Waals surface area contributed by atoms with Crippen LogP contribution in [-0.2, 0) is 32.2 Å². The summed E-state index contributed by atoms with van der Waals surface area (Å²) in [5, 5.41) is 26.4. The van der Waals surface area contributed by atoms with Crippen molar-refractivity contribution in [1.82, 2.24) is 20.1 Å². The fourth-order valence-corrected chi connectivity index (χ4v) is 7.30. The first-order valence-electron chi connectivity index (χ1n) is 21.8. The summed E-state index contributed by atoms with van der Waals surface area (Å²) in [7, 11) is 0. The Bertz CT molecular complexity index is 2870. The molecule has 4 N–H and O–H groups in total. The van der Waals surface area contributed by atoms with Crippen LogP contribution >= 0.6 is 23.2 Å². The Hall–Kier alpha value is -6.54. The SMILES string of the molecule is CC(C)COC(=O)[C@](C)(O)CN(CC(=O)c1cc(=O)[nH]o1)Cc1ccc(-c2cc(Cl)ccc2F)cc1.CCOC(=O)[C@](C)(O)CN(CC(=O)c1cc(=O)[nH]o1)Cc1ccc(-c2cc(Cl)ccc2F)cc1. The summed E-state index contributed by atoms with van der Waals surface area (Å²) in [6, 6.07) is 24.4. The smallest absolute Gasteiger partial charge is 0.339 e. The lowest BCUT2D eigenvalue weighted by atomic mass is 10.0. The highest BCUT2D eigenvalue weighted by molar-refractivity contribution is 6.31. The fourth-order valence-electron chi connectivity index (χ4n) is 6.96. The van der Waals surface area contributed by atoms with Crippen LogP contribution in [0.1, 0.15) is 66.9 Å². The van der Waals surface area contributed by atoms with Crippen molar-refractivity contribution in [2.24, 2.45) is 5.92 Å². The third-order valence-corrected chi connectivity index (χ3v) is 10.8. The average molecular weight is 1010 g/mol. The quantitative estimate of drug-likeness (QED) is 0.0405. The van der Waals surface area contributed by atoms with Gasteiger partial charge in [0.25, 0.3) is 11.1 Å². The number of carbonyl (C=O) groups is 4. The van der Waals surface area contributed by atoms with Gasteiger partial charge in [-0.1, -0.05) is 85.6 Å². The predicted molar refractivity (Wildman–Crippen MR) is 255 cm³/mol. The van der Waals surface area contributed by atoms with Gasteiger partial charge in [0.2, 0.25) is 23.1 Å². The van der Waals surface area contributed by atoms with Crippen molar-refractivity contribution in [3.05, 3.63) is 162 Å². The van der Waals surface area contributed by atoms with Gasteiger partial charge in [-0.2, -0.15) is 10.3 Å². The summed E-state index contributed by atoms with van der Waals surface area (Å²) in [5.74, 6) is -3.75. The van der Waals surface area contributed by atoms with Crippen molar-refractivity contribution in [3.63, 3.8) is 0 Å². The molecular formula is C50H52Cl2F2N4O12. The predicted octanol–water partition coefficient (Wildman–Crippen LogP) is 7.49. The second kappa shape index (κ2) is 24.3. The highest BCUT2D eigenvalue weighted by atomic mass is 35.5. The Kier molecular flexibility index (Phi) is 18.9. The molecule has 0 aliphatic rings. The molecule has 0 unspecified atom stereocenters. The number of nitrogens with zero attached hydrogens (tertiary/aromatic N) is 2. The molecule has 0 saturated heterocycles. The molecule has 0 aliphatic carbocycles. The molecule has 4 aromatic carbocycles. The largest absolute Gasteiger partial charge is 0.464 e. The number of aromatic amines is 2. The maximum atomic E-state index is 14.2. The van der Waals surface area contributed by atoms with E-state index in [1.54, 1.807) is 60.4 Å². The third-order valence-electron chi connectivity index (χ3n) is 10.3. The minimum atomic E-state index is -1.90. The summed E-state index contributed by atoms with van der Waals surface area (Å²) < 4.78 is 48.3. The van der Waals surface area contributed by atoms with Gasteiger partial charge in [0, 0.05) is 47.4 Å². The number of hydrogen-bond donors (Lipinski definition) is 4. The third kappa shape index (κ3) is 15.7. The van der Waals surface area contributed by atoms with E-state index in [4.69, 9.17) is 41.7 Å². The highest BCUT2D eigenvalue weighted by Crippen LogP contribution is 2.28. The van der Waals surface area contributed by atoms with Crippen LogP contribution in [0, 0.1) is 17.6 Å². The Balaban J connectivity index is 0.000000261. The number of aliphatic hydroxyl groups is 2. The number of rotatable bonds is 21. The van der Waals surface area contributed by atoms with Crippen molar-refractivity contribution in [2.75, 3.05) is 39.4 Å². The van der Waals surface area contributed by atoms with E-state index in [0.717, 1.165) is 23.3 Å². The molecule has 0 amide bonds. The van der Waals surface area contributed by atoms with Gasteiger partial charge in [0.15, 0.2) is 11.2 Å². The number of nitrogens with one attached hydrogen (secondary N) is 2. The van der Waals surface area contributed by atoms with E-state index < -0.39 is 57.5 Å². The molecule has 6 rings (SSSR count). The first-order valence-corrected chi connectivity index (χ1v) is 22.5. The molecule has 2 atom stereocenters. The Labute approximate surface area is 410 Å². The second-order valence-electron chi connectivity index (χ2n) is 17.2. The first kappa shape index (κ1) is 54.4. The molecule has 6 aromatic rings. The van der Waals surface area contributed by atoms with Crippen molar-refractivity contribution < 1.29 is 56.7 Å². The maximum absolute atomic E-state index is 14.2. The van der Waals surface area contributed by atoms with Gasteiger partial charge in [-0.05, 0) is 85.3 Å². The van der Waals surface area contributed by atoms with Gasteiger partial charge >= 0.3 is 11.9 Å². The lowest BCUT2D eigenvalue weighted by molar-refractivity contribution is -0.166. The second-order valence-corrected chi connectivity index (χ2v) is 18.1. The van der Waals surface area contributed by atoms with Crippen LogP contribution in [0.4, 0.5) is 8.78 Å². The molecule has 0 spiro atoms. The maximum Gasteiger partial charge on any atom is 0.339 e. The number of halogens is 4. The molecule has 0 radical (unpaired) electrons. The molecule has 2 aromatic heterocycles. The van der Waals surface area contributed by atoms with Crippen LogP contribution in [0.2, 0.25) is 10.0 Å². The van der Waals surface area contributed by atoms with E-state index in [-0.39, 0.29) is 69.9 Å². The summed E-state index contributed by atoms with van der Waals surface area (Å²) in [6.45, 7) is 7.57. The summed E-state index contributed by atoms with van der Waals surface area (Å²) in [5.41, 5.74) is -1.53. The van der Waals surface area contributed by atoms with Crippen molar-refractivity contribution >= 4 is 46.7 Å². The molecule has 0 saturated carbocycles. The van der Waals surface area contributed by atoms with E-state index in [0.29, 0.717) is 32.3 Å². The number of esters is 2. The molecule has 372 valence electrons. The number of H-pyrrole nitrogens is 2. The van der Waals surface area contributed by atoms with E-state index in [9.17, 15) is 47.8 Å². The van der Waals surface area contributed by atoms with Crippen molar-refractivity contribution in [1.29, 1.82) is 0 Å². The van der Waals surface area contributed by atoms with Crippen LogP contribution in [-0.4, -0.2) is 104 Å². The van der Waals surface area contributed by atoms with Crippen molar-refractivity contribution in [3.8, 4) is 22.3 Å². The summed E-state index contributed by atoms with van der Waals surface area (Å²) in [4.78, 5) is 75.7. The van der Waals surface area contributed by atoms with E-state index in [1.165, 1.54) is 55.1 Å². The molecule has 2 heterocycles. The zero-order chi connectivity index (χ0) is 51.3. The van der Waals surface area contributed by atoms with Crippen LogP contribution in [0.3, 0.4) is 0 Å². The first-order chi connectivity index (χ1) is 33.0. The monoisotopic (exact) mass is 1010 g/mol. The molecule has 70 heavy (non-hydrogen) atoms. The number of ketones is 2. The molecular weight excluding hydrogens is 957 g/mol. The standard InChI is InChI=1S/C26H28ClFN2O6.C24H24ClFN2O6/c1-16(2)14-35-25(33)26(3,34)15-30(13-22(31)23-11-24(32)29-36-23)12-17-4-6-18(7-5-17)20-10-19(27)8-9-21(20)28;1-3-33-23(31)24(2,32)14-28(13-20(29)21-11-22(30)27-34-21)12-15-4-6-16(7-5-15)18-10-17(25)8-9-19(18)26/h4-11,16,34H,12-15H2,1-3H3,(H,29,32);4-11,32H,3,12-14H2,1-2H3,(H,27,30)/t26-;24-/m11/s1. The Morgan fingerprint density at radius 3 is 1.37 bits per heavy atom. The Morgan fingerprint density at radius 1 is 0.643 bits per heavy atom. The number of aromatic nitrogens is 2. The normalized spacial score (nSPS) is 13.1. The number of benzene rings is 4. The topological polar surface area (TPSA) is 226 Å². The minimum absolute atomic E-state index is 0.0850. The molecule has 16 nitrogen and oxygen atoms in total. The van der Waals surface area contributed by atoms with Crippen LogP contribution in [0.25, 0.3) is 22.3 Å². The molecule has 0 bridgehead atoms. The van der Waals surface area contributed by atoms with Crippen molar-refractivity contribution in [2.45, 2.75) is 58.9 Å². The van der Waals surface area contributed by atoms with Gasteiger partial charge in [0.1, 0.15) is 11.6 Å². The highest BCUT2D eigenvalue weighted by Gasteiger charge is 2.36. The average Bonchev–Trinajstić information content (AvgIpc) is 3.95. The van der Waals surface area contributed by atoms with E-state index >= 15 is 0 Å². The molecule has 20 heteroatoms. The van der Waals surface area contributed by atoms with Gasteiger partial charge in [-0.25, -0.2) is 18.4 Å². The number of Topliss-reactive ketones (excluding diaryl/α,β-unsaturated/α-hetero) is 2. The number of hydrogen-bond acceptors (Lipinski definition) is 14. The lowest BCUT2D eigenvalue weighted by Gasteiger charge is -2.29. The zero-order valence-electron chi connectivity index (χ0n) is 38.9. The number of carbonyl (C=O) groups excluding carboxylic acids is 4. The van der Waals surface area contributed by atoms with Gasteiger partial charge in [0.05, 0.1) is 38.4 Å². The summed E-state index contributed by atoms with van der Waals surface area (Å²) >= 11 is 12.0. The van der Waals surface area contributed by atoms with E-state index in [2.05, 4.69) is 10.3 Å². The van der Waals surface area contributed by atoms with Crippen LogP contribution in [0.5, 0.6) is 0 Å². The van der Waals surface area contributed by atoms with Crippen LogP contribution < -0.4 is 11.1 Å².